The molecular weight excluding hydrogens is 222 g/mol. The van der Waals surface area contributed by atoms with Gasteiger partial charge in [0.05, 0.1) is 5.92 Å². The first-order valence-corrected chi connectivity index (χ1v) is 6.10. The van der Waals surface area contributed by atoms with Gasteiger partial charge in [-0.05, 0) is 31.0 Å². The number of nitrogens with one attached hydrogen (secondary N) is 1. The number of carbonyl (C=O) groups excluding carboxylic acids is 1. The lowest BCUT2D eigenvalue weighted by Crippen LogP contribution is -2.19. The summed E-state index contributed by atoms with van der Waals surface area (Å²) in [6.45, 7) is 3.91. The van der Waals surface area contributed by atoms with Crippen LogP contribution in [0.25, 0.3) is 0 Å². The van der Waals surface area contributed by atoms with Crippen molar-refractivity contribution in [1.29, 1.82) is 0 Å². The van der Waals surface area contributed by atoms with E-state index in [0.717, 1.165) is 16.8 Å². The van der Waals surface area contributed by atoms with Gasteiger partial charge in [0, 0.05) is 5.69 Å². The maximum Gasteiger partial charge on any atom is 0.231 e. The topological polar surface area (TPSA) is 29.1 Å². The number of aryl methyl sites for hydroxylation is 1. The molecule has 0 heterocycles. The molecule has 1 amide bonds. The maximum absolute atomic E-state index is 12.2. The molecule has 0 fully saturated rings. The highest BCUT2D eigenvalue weighted by Gasteiger charge is 2.15. The second kappa shape index (κ2) is 5.50. The number of anilines is 1. The Kier molecular flexibility index (Phi) is 3.78. The van der Waals surface area contributed by atoms with Crippen LogP contribution in [0.15, 0.2) is 54.6 Å². The van der Waals surface area contributed by atoms with E-state index in [0.29, 0.717) is 0 Å². The smallest absolute Gasteiger partial charge is 0.231 e. The molecule has 0 spiro atoms. The van der Waals surface area contributed by atoms with Crippen LogP contribution in [0.2, 0.25) is 0 Å². The molecule has 2 aromatic carbocycles. The number of hydrogen-bond acceptors (Lipinski definition) is 1. The summed E-state index contributed by atoms with van der Waals surface area (Å²) in [4.78, 5) is 12.2. The van der Waals surface area contributed by atoms with E-state index in [-0.39, 0.29) is 11.8 Å². The van der Waals surface area contributed by atoms with E-state index in [2.05, 4.69) is 5.32 Å². The van der Waals surface area contributed by atoms with E-state index in [4.69, 9.17) is 0 Å². The summed E-state index contributed by atoms with van der Waals surface area (Å²) in [6.07, 6.45) is 0. The van der Waals surface area contributed by atoms with Crippen LogP contribution in [-0.4, -0.2) is 5.91 Å². The number of para-hydroxylation sites is 1. The second-order valence-electron chi connectivity index (χ2n) is 4.44. The Morgan fingerprint density at radius 2 is 1.61 bits per heavy atom. The highest BCUT2D eigenvalue weighted by Crippen LogP contribution is 2.19. The van der Waals surface area contributed by atoms with Gasteiger partial charge in [0.15, 0.2) is 0 Å². The Balaban J connectivity index is 2.12. The summed E-state index contributed by atoms with van der Waals surface area (Å²) < 4.78 is 0. The van der Waals surface area contributed by atoms with Crippen LogP contribution in [0.4, 0.5) is 5.69 Å². The molecule has 2 aromatic rings. The monoisotopic (exact) mass is 239 g/mol. The summed E-state index contributed by atoms with van der Waals surface area (Å²) in [5, 5.41) is 2.97. The molecule has 92 valence electrons. The van der Waals surface area contributed by atoms with Crippen molar-refractivity contribution >= 4 is 11.6 Å². The molecule has 2 rings (SSSR count). The predicted octanol–water partition coefficient (Wildman–Crippen LogP) is 3.74. The van der Waals surface area contributed by atoms with Crippen molar-refractivity contribution in [3.63, 3.8) is 0 Å². The fraction of sp³-hybridized carbons (Fsp3) is 0.188. The number of hydrogen-bond donors (Lipinski definition) is 1. The summed E-state index contributed by atoms with van der Waals surface area (Å²) in [5.74, 6) is -0.124. The van der Waals surface area contributed by atoms with Crippen molar-refractivity contribution in [3.05, 3.63) is 65.7 Å². The van der Waals surface area contributed by atoms with E-state index in [1.807, 2.05) is 68.4 Å². The molecule has 1 atom stereocenters. The van der Waals surface area contributed by atoms with Crippen molar-refractivity contribution in [1.82, 2.24) is 0 Å². The molecule has 2 heteroatoms. The average molecular weight is 239 g/mol. The van der Waals surface area contributed by atoms with Crippen LogP contribution in [0.3, 0.4) is 0 Å². The minimum absolute atomic E-state index is 0.0236. The first kappa shape index (κ1) is 12.4. The third kappa shape index (κ3) is 2.77. The predicted molar refractivity (Wildman–Crippen MR) is 74.7 cm³/mol. The van der Waals surface area contributed by atoms with Gasteiger partial charge in [-0.15, -0.1) is 0 Å². The van der Waals surface area contributed by atoms with Crippen LogP contribution in [0.1, 0.15) is 24.0 Å². The number of benzene rings is 2. The van der Waals surface area contributed by atoms with Crippen molar-refractivity contribution < 1.29 is 4.79 Å². The lowest BCUT2D eigenvalue weighted by atomic mass is 10.0. The highest BCUT2D eigenvalue weighted by atomic mass is 16.1. The maximum atomic E-state index is 12.2. The van der Waals surface area contributed by atoms with Gasteiger partial charge in [-0.2, -0.15) is 0 Å². The van der Waals surface area contributed by atoms with Crippen LogP contribution >= 0.6 is 0 Å². The lowest BCUT2D eigenvalue weighted by molar-refractivity contribution is -0.117. The molecule has 0 aromatic heterocycles. The van der Waals surface area contributed by atoms with Gasteiger partial charge in [0.2, 0.25) is 5.91 Å². The van der Waals surface area contributed by atoms with Gasteiger partial charge < -0.3 is 5.32 Å². The van der Waals surface area contributed by atoms with Crippen LogP contribution in [-0.2, 0) is 4.79 Å². The first-order valence-electron chi connectivity index (χ1n) is 6.10. The molecule has 18 heavy (non-hydrogen) atoms. The SMILES string of the molecule is Cc1ccccc1NC(=O)C(C)c1ccccc1. The van der Waals surface area contributed by atoms with Crippen molar-refractivity contribution in [2.24, 2.45) is 0 Å². The molecular formula is C16H17NO. The van der Waals surface area contributed by atoms with E-state index in [1.165, 1.54) is 0 Å². The summed E-state index contributed by atoms with van der Waals surface area (Å²) in [6, 6.07) is 17.6. The fourth-order valence-corrected chi connectivity index (χ4v) is 1.85. The zero-order valence-corrected chi connectivity index (χ0v) is 10.7. The van der Waals surface area contributed by atoms with E-state index < -0.39 is 0 Å². The van der Waals surface area contributed by atoms with Gasteiger partial charge in [0.1, 0.15) is 0 Å². The zero-order chi connectivity index (χ0) is 13.0. The Hall–Kier alpha value is -2.09. The Morgan fingerprint density at radius 1 is 1.00 bits per heavy atom. The standard InChI is InChI=1S/C16H17NO/c1-12-8-6-7-11-15(12)17-16(18)13(2)14-9-4-3-5-10-14/h3-11,13H,1-2H3,(H,17,18). The largest absolute Gasteiger partial charge is 0.325 e. The van der Waals surface area contributed by atoms with E-state index >= 15 is 0 Å². The first-order chi connectivity index (χ1) is 8.68. The molecule has 0 aliphatic heterocycles. The van der Waals surface area contributed by atoms with E-state index in [1.54, 1.807) is 0 Å². The zero-order valence-electron chi connectivity index (χ0n) is 10.7. The normalized spacial score (nSPS) is 11.9. The second-order valence-corrected chi connectivity index (χ2v) is 4.44. The van der Waals surface area contributed by atoms with E-state index in [9.17, 15) is 4.79 Å². The minimum atomic E-state index is -0.147. The van der Waals surface area contributed by atoms with Crippen LogP contribution in [0.5, 0.6) is 0 Å². The number of rotatable bonds is 3. The quantitative estimate of drug-likeness (QED) is 0.868. The van der Waals surface area contributed by atoms with Gasteiger partial charge in [0.25, 0.3) is 0 Å². The fourth-order valence-electron chi connectivity index (χ4n) is 1.85. The summed E-state index contributed by atoms with van der Waals surface area (Å²) >= 11 is 0. The summed E-state index contributed by atoms with van der Waals surface area (Å²) in [5.41, 5.74) is 2.99. The molecule has 0 saturated carbocycles. The molecule has 0 radical (unpaired) electrons. The molecule has 0 saturated heterocycles. The van der Waals surface area contributed by atoms with Gasteiger partial charge in [-0.1, -0.05) is 48.5 Å². The minimum Gasteiger partial charge on any atom is -0.325 e. The lowest BCUT2D eigenvalue weighted by Gasteiger charge is -2.13. The average Bonchev–Trinajstić information content (AvgIpc) is 2.41. The molecule has 0 aliphatic rings. The van der Waals surface area contributed by atoms with Crippen LogP contribution in [0, 0.1) is 6.92 Å². The van der Waals surface area contributed by atoms with Gasteiger partial charge in [-0.25, -0.2) is 0 Å². The van der Waals surface area contributed by atoms with Gasteiger partial charge >= 0.3 is 0 Å². The number of carbonyl (C=O) groups is 1. The number of amides is 1. The molecule has 1 unspecified atom stereocenters. The van der Waals surface area contributed by atoms with Crippen molar-refractivity contribution in [2.45, 2.75) is 19.8 Å². The van der Waals surface area contributed by atoms with Crippen molar-refractivity contribution in [3.8, 4) is 0 Å². The van der Waals surface area contributed by atoms with Gasteiger partial charge in [-0.3, -0.25) is 4.79 Å². The molecule has 0 aliphatic carbocycles. The third-order valence-electron chi connectivity index (χ3n) is 3.10. The Morgan fingerprint density at radius 3 is 2.28 bits per heavy atom. The summed E-state index contributed by atoms with van der Waals surface area (Å²) in [7, 11) is 0. The highest BCUT2D eigenvalue weighted by molar-refractivity contribution is 5.96. The third-order valence-corrected chi connectivity index (χ3v) is 3.10. The van der Waals surface area contributed by atoms with Crippen molar-refractivity contribution in [2.75, 3.05) is 5.32 Å². The molecule has 0 bridgehead atoms. The molecule has 1 N–H and O–H groups in total. The Labute approximate surface area is 108 Å². The van der Waals surface area contributed by atoms with Crippen LogP contribution < -0.4 is 5.32 Å². The Bertz CT molecular complexity index is 534. The molecule has 2 nitrogen and oxygen atoms in total.